The van der Waals surface area contributed by atoms with E-state index in [2.05, 4.69) is 25.8 Å². The van der Waals surface area contributed by atoms with Gasteiger partial charge in [0, 0.05) is 13.0 Å². The van der Waals surface area contributed by atoms with Crippen LogP contribution in [0.5, 0.6) is 0 Å². The van der Waals surface area contributed by atoms with Crippen LogP contribution in [0.3, 0.4) is 0 Å². The minimum absolute atomic E-state index is 0.112. The van der Waals surface area contributed by atoms with Gasteiger partial charge in [-0.2, -0.15) is 5.10 Å². The summed E-state index contributed by atoms with van der Waals surface area (Å²) in [7, 11) is 0. The largest absolute Gasteiger partial charge is 0.316 e. The molecule has 0 bridgehead atoms. The lowest BCUT2D eigenvalue weighted by Crippen LogP contribution is -2.22. The lowest BCUT2D eigenvalue weighted by atomic mass is 10.4. The van der Waals surface area contributed by atoms with Crippen LogP contribution in [-0.2, 0) is 4.79 Å². The van der Waals surface area contributed by atoms with Gasteiger partial charge in [-0.3, -0.25) is 10.1 Å². The van der Waals surface area contributed by atoms with Gasteiger partial charge in [-0.25, -0.2) is 4.98 Å². The fourth-order valence-electron chi connectivity index (χ4n) is 0.871. The maximum absolute atomic E-state index is 11.2. The Balaban J connectivity index is 2.27. The Morgan fingerprint density at radius 1 is 1.50 bits per heavy atom. The molecule has 6 heteroatoms. The normalized spacial score (nSPS) is 9.79. The van der Waals surface area contributed by atoms with Crippen molar-refractivity contribution >= 4 is 11.9 Å². The fourth-order valence-corrected chi connectivity index (χ4v) is 0.871. The van der Waals surface area contributed by atoms with Crippen molar-refractivity contribution in [3.63, 3.8) is 0 Å². The van der Waals surface area contributed by atoms with E-state index < -0.39 is 0 Å². The first-order chi connectivity index (χ1) is 6.83. The molecular formula is C8H13N5O. The van der Waals surface area contributed by atoms with E-state index in [1.165, 1.54) is 12.4 Å². The molecule has 0 unspecified atom stereocenters. The highest BCUT2D eigenvalue weighted by Crippen LogP contribution is 1.92. The Labute approximate surface area is 82.1 Å². The Hall–Kier alpha value is -1.56. The van der Waals surface area contributed by atoms with E-state index in [9.17, 15) is 4.79 Å². The van der Waals surface area contributed by atoms with Gasteiger partial charge in [-0.15, -0.1) is 5.10 Å². The van der Waals surface area contributed by atoms with Gasteiger partial charge in [0.2, 0.25) is 11.9 Å². The molecule has 1 amide bonds. The molecule has 14 heavy (non-hydrogen) atoms. The molecule has 1 aromatic rings. The minimum atomic E-state index is -0.112. The van der Waals surface area contributed by atoms with E-state index in [4.69, 9.17) is 0 Å². The third kappa shape index (κ3) is 3.90. The van der Waals surface area contributed by atoms with Gasteiger partial charge in [-0.1, -0.05) is 6.92 Å². The van der Waals surface area contributed by atoms with Gasteiger partial charge in [0.05, 0.1) is 12.4 Å². The summed E-state index contributed by atoms with van der Waals surface area (Å²) in [5, 5.41) is 12.8. The molecule has 0 saturated heterocycles. The first-order valence-electron chi connectivity index (χ1n) is 4.47. The van der Waals surface area contributed by atoms with E-state index in [-0.39, 0.29) is 11.9 Å². The number of carbonyl (C=O) groups excluding carboxylic acids is 1. The van der Waals surface area contributed by atoms with Crippen LogP contribution in [-0.4, -0.2) is 34.2 Å². The molecule has 0 fully saturated rings. The third-order valence-electron chi connectivity index (χ3n) is 1.51. The minimum Gasteiger partial charge on any atom is -0.316 e. The van der Waals surface area contributed by atoms with Crippen molar-refractivity contribution in [2.45, 2.75) is 13.3 Å². The molecule has 0 aliphatic rings. The van der Waals surface area contributed by atoms with Crippen molar-refractivity contribution in [3.8, 4) is 0 Å². The summed E-state index contributed by atoms with van der Waals surface area (Å²) < 4.78 is 0. The first-order valence-corrected chi connectivity index (χ1v) is 4.47. The number of anilines is 1. The van der Waals surface area contributed by atoms with E-state index in [0.29, 0.717) is 13.0 Å². The Kier molecular flexibility index (Phi) is 4.49. The van der Waals surface area contributed by atoms with E-state index in [1.54, 1.807) is 0 Å². The molecule has 6 nitrogen and oxygen atoms in total. The molecule has 0 atom stereocenters. The molecule has 0 aromatic carbocycles. The highest BCUT2D eigenvalue weighted by atomic mass is 16.1. The molecule has 1 rings (SSSR count). The number of hydrogen-bond acceptors (Lipinski definition) is 5. The molecule has 0 aliphatic heterocycles. The molecule has 1 aromatic heterocycles. The van der Waals surface area contributed by atoms with Crippen LogP contribution in [0.25, 0.3) is 0 Å². The van der Waals surface area contributed by atoms with Gasteiger partial charge in [0.1, 0.15) is 0 Å². The highest BCUT2D eigenvalue weighted by Gasteiger charge is 2.02. The van der Waals surface area contributed by atoms with Crippen molar-refractivity contribution in [1.82, 2.24) is 20.5 Å². The first kappa shape index (κ1) is 10.5. The van der Waals surface area contributed by atoms with Crippen molar-refractivity contribution in [3.05, 3.63) is 12.4 Å². The molecule has 0 saturated carbocycles. The zero-order valence-electron chi connectivity index (χ0n) is 8.03. The SMILES string of the molecule is CCNCCC(=O)Nc1nccnn1. The molecule has 0 radical (unpaired) electrons. The summed E-state index contributed by atoms with van der Waals surface area (Å²) in [6, 6.07) is 0. The number of nitrogens with one attached hydrogen (secondary N) is 2. The van der Waals surface area contributed by atoms with Crippen molar-refractivity contribution in [1.29, 1.82) is 0 Å². The number of rotatable bonds is 5. The Bertz CT molecular complexity index is 276. The summed E-state index contributed by atoms with van der Waals surface area (Å²) in [6.45, 7) is 3.50. The fraction of sp³-hybridized carbons (Fsp3) is 0.500. The molecule has 2 N–H and O–H groups in total. The van der Waals surface area contributed by atoms with Crippen molar-refractivity contribution in [2.24, 2.45) is 0 Å². The lowest BCUT2D eigenvalue weighted by Gasteiger charge is -2.02. The number of aromatic nitrogens is 3. The molecule has 0 spiro atoms. The van der Waals surface area contributed by atoms with Crippen LogP contribution < -0.4 is 10.6 Å². The van der Waals surface area contributed by atoms with Gasteiger partial charge >= 0.3 is 0 Å². The summed E-state index contributed by atoms with van der Waals surface area (Å²) in [4.78, 5) is 15.0. The average molecular weight is 195 g/mol. The van der Waals surface area contributed by atoms with Crippen LogP contribution in [0, 0.1) is 0 Å². The summed E-state index contributed by atoms with van der Waals surface area (Å²) in [5.41, 5.74) is 0. The predicted molar refractivity (Wildman–Crippen MR) is 51.6 cm³/mol. The number of hydrogen-bond donors (Lipinski definition) is 2. The standard InChI is InChI=1S/C8H13N5O/c1-2-9-4-3-7(14)12-8-10-5-6-11-13-8/h5-6,9H,2-4H2,1H3,(H,10,12,13,14). The van der Waals surface area contributed by atoms with Gasteiger partial charge in [-0.05, 0) is 6.54 Å². The second-order valence-corrected chi connectivity index (χ2v) is 2.62. The summed E-state index contributed by atoms with van der Waals surface area (Å²) in [5.74, 6) is 0.132. The van der Waals surface area contributed by atoms with Crippen LogP contribution >= 0.6 is 0 Å². The topological polar surface area (TPSA) is 79.8 Å². The zero-order chi connectivity index (χ0) is 10.2. The van der Waals surface area contributed by atoms with E-state index in [1.807, 2.05) is 6.92 Å². The van der Waals surface area contributed by atoms with Crippen LogP contribution in [0.2, 0.25) is 0 Å². The van der Waals surface area contributed by atoms with Crippen molar-refractivity contribution in [2.75, 3.05) is 18.4 Å². The van der Waals surface area contributed by atoms with Crippen LogP contribution in [0.15, 0.2) is 12.4 Å². The Morgan fingerprint density at radius 3 is 3.00 bits per heavy atom. The summed E-state index contributed by atoms with van der Waals surface area (Å²) >= 11 is 0. The Morgan fingerprint density at radius 2 is 2.36 bits per heavy atom. The van der Waals surface area contributed by atoms with E-state index >= 15 is 0 Å². The second-order valence-electron chi connectivity index (χ2n) is 2.62. The maximum Gasteiger partial charge on any atom is 0.249 e. The van der Waals surface area contributed by atoms with Gasteiger partial charge < -0.3 is 5.32 Å². The highest BCUT2D eigenvalue weighted by molar-refractivity contribution is 5.88. The summed E-state index contributed by atoms with van der Waals surface area (Å²) in [6.07, 6.45) is 3.34. The van der Waals surface area contributed by atoms with Crippen molar-refractivity contribution < 1.29 is 4.79 Å². The molecule has 0 aliphatic carbocycles. The third-order valence-corrected chi connectivity index (χ3v) is 1.51. The quantitative estimate of drug-likeness (QED) is 0.636. The maximum atomic E-state index is 11.2. The van der Waals surface area contributed by atoms with E-state index in [0.717, 1.165) is 6.54 Å². The average Bonchev–Trinajstić information content (AvgIpc) is 2.20. The van der Waals surface area contributed by atoms with Crippen LogP contribution in [0.4, 0.5) is 5.95 Å². The molecule has 76 valence electrons. The second kappa shape index (κ2) is 5.98. The zero-order valence-corrected chi connectivity index (χ0v) is 8.03. The number of carbonyl (C=O) groups is 1. The number of nitrogens with zero attached hydrogens (tertiary/aromatic N) is 3. The number of amides is 1. The lowest BCUT2D eigenvalue weighted by molar-refractivity contribution is -0.116. The van der Waals surface area contributed by atoms with Gasteiger partial charge in [0.25, 0.3) is 0 Å². The molecular weight excluding hydrogens is 182 g/mol. The molecule has 1 heterocycles. The smallest absolute Gasteiger partial charge is 0.249 e. The van der Waals surface area contributed by atoms with Gasteiger partial charge in [0.15, 0.2) is 0 Å². The predicted octanol–water partition coefficient (Wildman–Crippen LogP) is -0.190. The monoisotopic (exact) mass is 195 g/mol. The van der Waals surface area contributed by atoms with Crippen LogP contribution in [0.1, 0.15) is 13.3 Å².